The molecule has 3 aromatic rings. The second kappa shape index (κ2) is 9.90. The third-order valence-electron chi connectivity index (χ3n) is 6.33. The lowest BCUT2D eigenvalue weighted by Crippen LogP contribution is -2.67. The predicted molar refractivity (Wildman–Crippen MR) is 144 cm³/mol. The number of aromatic nitrogens is 2. The quantitative estimate of drug-likeness (QED) is 0.338. The summed E-state index contributed by atoms with van der Waals surface area (Å²) in [5.41, 5.74) is 5.26. The SMILES string of the molecule is CC(C)(C)[Si](OC[C@H]1O[C@@H](n2cc(I)c(N)nc2=O)CC1O)(c1ccccc1)c1ccccc1. The molecule has 1 unspecified atom stereocenters. The second-order valence-electron chi connectivity index (χ2n) is 9.57. The maximum absolute atomic E-state index is 12.4. The number of benzene rings is 2. The molecule has 0 radical (unpaired) electrons. The Morgan fingerprint density at radius 3 is 2.24 bits per heavy atom. The Balaban J connectivity index is 1.65. The maximum atomic E-state index is 12.4. The van der Waals surface area contributed by atoms with Crippen LogP contribution in [0.3, 0.4) is 0 Å². The average Bonchev–Trinajstić information content (AvgIpc) is 3.17. The molecule has 1 aromatic heterocycles. The number of hydrogen-bond acceptors (Lipinski definition) is 6. The van der Waals surface area contributed by atoms with Crippen LogP contribution in [0.25, 0.3) is 0 Å². The smallest absolute Gasteiger partial charge is 0.351 e. The summed E-state index contributed by atoms with van der Waals surface area (Å²) in [6.07, 6.45) is -0.0828. The molecule has 1 aliphatic heterocycles. The Morgan fingerprint density at radius 1 is 1.15 bits per heavy atom. The van der Waals surface area contributed by atoms with Gasteiger partial charge in [-0.3, -0.25) is 4.57 Å². The molecular formula is C25H30IN3O4Si. The van der Waals surface area contributed by atoms with Gasteiger partial charge in [-0.15, -0.1) is 0 Å². The van der Waals surface area contributed by atoms with Gasteiger partial charge in [0.2, 0.25) is 0 Å². The highest BCUT2D eigenvalue weighted by atomic mass is 127. The summed E-state index contributed by atoms with van der Waals surface area (Å²) in [5, 5.41) is 13.0. The van der Waals surface area contributed by atoms with E-state index in [-0.39, 0.29) is 23.9 Å². The van der Waals surface area contributed by atoms with Crippen molar-refractivity contribution in [2.45, 2.75) is 50.7 Å². The molecule has 4 rings (SSSR count). The number of rotatable bonds is 6. The predicted octanol–water partition coefficient (Wildman–Crippen LogP) is 2.66. The zero-order valence-electron chi connectivity index (χ0n) is 19.5. The largest absolute Gasteiger partial charge is 0.405 e. The van der Waals surface area contributed by atoms with Gasteiger partial charge in [0.05, 0.1) is 16.3 Å². The molecule has 0 bridgehead atoms. The summed E-state index contributed by atoms with van der Waals surface area (Å²) in [6, 6.07) is 20.7. The Kier molecular flexibility index (Phi) is 7.29. The highest BCUT2D eigenvalue weighted by molar-refractivity contribution is 14.1. The third-order valence-corrected chi connectivity index (χ3v) is 12.2. The van der Waals surface area contributed by atoms with E-state index in [4.69, 9.17) is 14.9 Å². The first kappa shape index (κ1) is 25.1. The minimum atomic E-state index is -2.76. The van der Waals surface area contributed by atoms with Crippen LogP contribution in [0.4, 0.5) is 5.82 Å². The van der Waals surface area contributed by atoms with E-state index in [9.17, 15) is 9.90 Å². The lowest BCUT2D eigenvalue weighted by Gasteiger charge is -2.43. The van der Waals surface area contributed by atoms with Crippen molar-refractivity contribution in [3.05, 3.63) is 80.9 Å². The monoisotopic (exact) mass is 591 g/mol. The van der Waals surface area contributed by atoms with Crippen LogP contribution >= 0.6 is 22.6 Å². The van der Waals surface area contributed by atoms with Crippen LogP contribution in [-0.4, -0.2) is 41.8 Å². The third kappa shape index (κ3) is 4.72. The first-order valence-electron chi connectivity index (χ1n) is 11.3. The average molecular weight is 592 g/mol. The summed E-state index contributed by atoms with van der Waals surface area (Å²) in [7, 11) is -2.76. The highest BCUT2D eigenvalue weighted by Crippen LogP contribution is 2.38. The standard InChI is InChI=1S/C25H30IN3O4Si/c1-25(2,3)34(17-10-6-4-7-11-17,18-12-8-5-9-13-18)32-16-21-20(30)14-22(33-21)29-15-19(26)23(27)28-24(29)31/h4-13,15,20-22,30H,14,16H2,1-3H3,(H2,27,28,31)/t20?,21-,22-/m1/s1. The molecule has 34 heavy (non-hydrogen) atoms. The van der Waals surface area contributed by atoms with Crippen LogP contribution in [0.15, 0.2) is 71.7 Å². The number of aliphatic hydroxyl groups is 1. The molecule has 2 heterocycles. The lowest BCUT2D eigenvalue weighted by molar-refractivity contribution is -0.0426. The molecule has 3 N–H and O–H groups in total. The van der Waals surface area contributed by atoms with Crippen LogP contribution in [0.5, 0.6) is 0 Å². The molecule has 0 spiro atoms. The van der Waals surface area contributed by atoms with Gasteiger partial charge in [-0.05, 0) is 38.0 Å². The molecule has 1 fully saturated rings. The highest BCUT2D eigenvalue weighted by Gasteiger charge is 2.51. The van der Waals surface area contributed by atoms with Gasteiger partial charge in [0, 0.05) is 12.6 Å². The number of anilines is 1. The van der Waals surface area contributed by atoms with Gasteiger partial charge < -0.3 is 20.0 Å². The van der Waals surface area contributed by atoms with Crippen LogP contribution in [-0.2, 0) is 9.16 Å². The van der Waals surface area contributed by atoms with Crippen LogP contribution in [0.1, 0.15) is 33.4 Å². The van der Waals surface area contributed by atoms with E-state index in [1.54, 1.807) is 6.20 Å². The molecule has 9 heteroatoms. The number of hydrogen-bond donors (Lipinski definition) is 2. The minimum Gasteiger partial charge on any atom is -0.405 e. The summed E-state index contributed by atoms with van der Waals surface area (Å²) in [4.78, 5) is 16.3. The molecule has 2 aromatic carbocycles. The molecule has 0 saturated carbocycles. The molecule has 1 saturated heterocycles. The molecule has 0 amide bonds. The number of halogens is 1. The van der Waals surface area contributed by atoms with Gasteiger partial charge in [-0.2, -0.15) is 4.98 Å². The summed E-state index contributed by atoms with van der Waals surface area (Å²) in [6.45, 7) is 6.82. The normalized spacial score (nSPS) is 21.0. The molecular weight excluding hydrogens is 561 g/mol. The number of nitrogen functional groups attached to an aromatic ring is 1. The van der Waals surface area contributed by atoms with Crippen molar-refractivity contribution in [1.82, 2.24) is 9.55 Å². The van der Waals surface area contributed by atoms with Gasteiger partial charge in [-0.1, -0.05) is 81.4 Å². The fourth-order valence-corrected chi connectivity index (χ4v) is 9.66. The van der Waals surface area contributed by atoms with E-state index < -0.39 is 32.4 Å². The van der Waals surface area contributed by atoms with E-state index in [0.717, 1.165) is 10.4 Å². The molecule has 0 aliphatic carbocycles. The van der Waals surface area contributed by atoms with E-state index in [0.29, 0.717) is 3.57 Å². The van der Waals surface area contributed by atoms with Crippen LogP contribution in [0, 0.1) is 3.57 Å². The van der Waals surface area contributed by atoms with Crippen molar-refractivity contribution in [2.24, 2.45) is 0 Å². The molecule has 180 valence electrons. The van der Waals surface area contributed by atoms with Gasteiger partial charge in [0.15, 0.2) is 0 Å². The van der Waals surface area contributed by atoms with E-state index in [1.807, 2.05) is 59.0 Å². The van der Waals surface area contributed by atoms with Gasteiger partial charge in [0.25, 0.3) is 8.32 Å². The van der Waals surface area contributed by atoms with E-state index in [2.05, 4.69) is 50.0 Å². The topological polar surface area (TPSA) is 99.6 Å². The zero-order chi connectivity index (χ0) is 24.5. The number of aliphatic hydroxyl groups excluding tert-OH is 1. The summed E-state index contributed by atoms with van der Waals surface area (Å²) >= 11 is 2.03. The Morgan fingerprint density at radius 2 is 1.71 bits per heavy atom. The van der Waals surface area contributed by atoms with Crippen LogP contribution < -0.4 is 21.8 Å². The van der Waals surface area contributed by atoms with E-state index in [1.165, 1.54) is 4.57 Å². The van der Waals surface area contributed by atoms with Crippen molar-refractivity contribution in [2.75, 3.05) is 12.3 Å². The number of ether oxygens (including phenoxy) is 1. The summed E-state index contributed by atoms with van der Waals surface area (Å²) < 4.78 is 15.1. The lowest BCUT2D eigenvalue weighted by atomic mass is 10.2. The first-order valence-corrected chi connectivity index (χ1v) is 14.2. The van der Waals surface area contributed by atoms with Crippen molar-refractivity contribution in [3.63, 3.8) is 0 Å². The fourth-order valence-electron chi connectivity index (χ4n) is 4.67. The number of nitrogens with two attached hydrogens (primary N) is 1. The Bertz CT molecular complexity index is 1140. The molecule has 1 aliphatic rings. The Labute approximate surface area is 214 Å². The first-order chi connectivity index (χ1) is 16.1. The van der Waals surface area contributed by atoms with Crippen molar-refractivity contribution < 1.29 is 14.3 Å². The van der Waals surface area contributed by atoms with Crippen molar-refractivity contribution in [3.8, 4) is 0 Å². The zero-order valence-corrected chi connectivity index (χ0v) is 22.7. The fraction of sp³-hybridized carbons (Fsp3) is 0.360. The van der Waals surface area contributed by atoms with Gasteiger partial charge in [0.1, 0.15) is 18.1 Å². The van der Waals surface area contributed by atoms with Crippen LogP contribution in [0.2, 0.25) is 5.04 Å². The van der Waals surface area contributed by atoms with E-state index >= 15 is 0 Å². The Hall–Kier alpha value is -2.05. The number of nitrogens with zero attached hydrogens (tertiary/aromatic N) is 2. The van der Waals surface area contributed by atoms with Gasteiger partial charge >= 0.3 is 5.69 Å². The maximum Gasteiger partial charge on any atom is 0.351 e. The van der Waals surface area contributed by atoms with Crippen molar-refractivity contribution >= 4 is 47.1 Å². The molecule has 3 atom stereocenters. The minimum absolute atomic E-state index is 0.187. The second-order valence-corrected chi connectivity index (χ2v) is 15.0. The molecule has 7 nitrogen and oxygen atoms in total. The van der Waals surface area contributed by atoms with Crippen molar-refractivity contribution in [1.29, 1.82) is 0 Å². The summed E-state index contributed by atoms with van der Waals surface area (Å²) in [5.74, 6) is 0.187. The van der Waals surface area contributed by atoms with Gasteiger partial charge in [-0.25, -0.2) is 4.79 Å².